The van der Waals surface area contributed by atoms with E-state index >= 15 is 0 Å². The van der Waals surface area contributed by atoms with Crippen LogP contribution in [0.25, 0.3) is 11.1 Å². The standard InChI is InChI=1S/C25H30N2O6/c1-14(2)22(23(29)27-21(12-28)24(30)31)15(3)26-25(32)33-13-20-18-10-6-4-8-16(18)17-9-5-7-11-19(17)20/h4-11,14-15,20-22,28H,12-13H2,1-3H3,(H,26,32)(H,27,29)(H,30,31)/t15?,21-,22?/m1/s1. The zero-order chi connectivity index (χ0) is 24.1. The van der Waals surface area contributed by atoms with E-state index in [1.165, 1.54) is 0 Å². The Morgan fingerprint density at radius 3 is 1.97 bits per heavy atom. The molecule has 0 spiro atoms. The molecule has 0 heterocycles. The Morgan fingerprint density at radius 2 is 1.48 bits per heavy atom. The topological polar surface area (TPSA) is 125 Å². The maximum absolute atomic E-state index is 12.6. The number of ether oxygens (including phenoxy) is 1. The fourth-order valence-electron chi connectivity index (χ4n) is 4.48. The average molecular weight is 455 g/mol. The number of aliphatic carboxylic acids is 1. The Hall–Kier alpha value is -3.39. The van der Waals surface area contributed by atoms with Crippen LogP contribution in [0.1, 0.15) is 37.8 Å². The monoisotopic (exact) mass is 454 g/mol. The van der Waals surface area contributed by atoms with Crippen molar-refractivity contribution in [3.8, 4) is 11.1 Å². The van der Waals surface area contributed by atoms with Crippen LogP contribution in [-0.4, -0.2) is 53.5 Å². The summed E-state index contributed by atoms with van der Waals surface area (Å²) in [4.78, 5) is 36.3. The Balaban J connectivity index is 1.64. The second-order valence-corrected chi connectivity index (χ2v) is 8.61. The highest BCUT2D eigenvalue weighted by Gasteiger charge is 2.33. The number of hydrogen-bond acceptors (Lipinski definition) is 5. The van der Waals surface area contributed by atoms with Gasteiger partial charge < -0.3 is 25.6 Å². The van der Waals surface area contributed by atoms with Crippen LogP contribution in [0.2, 0.25) is 0 Å². The van der Waals surface area contributed by atoms with Crippen LogP contribution >= 0.6 is 0 Å². The molecule has 0 aliphatic heterocycles. The highest BCUT2D eigenvalue weighted by atomic mass is 16.5. The lowest BCUT2D eigenvalue weighted by Crippen LogP contribution is -2.52. The largest absolute Gasteiger partial charge is 0.480 e. The number of nitrogens with one attached hydrogen (secondary N) is 2. The van der Waals surface area contributed by atoms with E-state index in [4.69, 9.17) is 9.84 Å². The predicted octanol–water partition coefficient (Wildman–Crippen LogP) is 2.75. The van der Waals surface area contributed by atoms with Crippen LogP contribution in [0.15, 0.2) is 48.5 Å². The van der Waals surface area contributed by atoms with E-state index < -0.39 is 42.6 Å². The first kappa shape index (κ1) is 24.3. The van der Waals surface area contributed by atoms with Crippen LogP contribution in [0, 0.1) is 11.8 Å². The van der Waals surface area contributed by atoms with Crippen LogP contribution in [0.4, 0.5) is 4.79 Å². The van der Waals surface area contributed by atoms with Gasteiger partial charge in [0.25, 0.3) is 0 Å². The van der Waals surface area contributed by atoms with Gasteiger partial charge in [-0.15, -0.1) is 0 Å². The predicted molar refractivity (Wildman–Crippen MR) is 123 cm³/mol. The third kappa shape index (κ3) is 5.34. The van der Waals surface area contributed by atoms with Crippen LogP contribution in [0.3, 0.4) is 0 Å². The highest BCUT2D eigenvalue weighted by Crippen LogP contribution is 2.44. The molecule has 0 saturated carbocycles. The van der Waals surface area contributed by atoms with Crippen molar-refractivity contribution in [1.82, 2.24) is 10.6 Å². The van der Waals surface area contributed by atoms with E-state index in [0.29, 0.717) is 0 Å². The van der Waals surface area contributed by atoms with Gasteiger partial charge in [-0.25, -0.2) is 9.59 Å². The molecular formula is C25H30N2O6. The molecule has 176 valence electrons. The van der Waals surface area contributed by atoms with E-state index in [1.807, 2.05) is 36.4 Å². The van der Waals surface area contributed by atoms with Crippen molar-refractivity contribution < 1.29 is 29.3 Å². The third-order valence-electron chi connectivity index (χ3n) is 6.05. The normalized spacial score (nSPS) is 15.2. The summed E-state index contributed by atoms with van der Waals surface area (Å²) >= 11 is 0. The smallest absolute Gasteiger partial charge is 0.407 e. The molecular weight excluding hydrogens is 424 g/mol. The fourth-order valence-corrected chi connectivity index (χ4v) is 4.48. The summed E-state index contributed by atoms with van der Waals surface area (Å²) in [7, 11) is 0. The molecule has 33 heavy (non-hydrogen) atoms. The number of hydrogen-bond donors (Lipinski definition) is 4. The second kappa shape index (κ2) is 10.5. The molecule has 2 unspecified atom stereocenters. The van der Waals surface area contributed by atoms with Crippen molar-refractivity contribution in [3.05, 3.63) is 59.7 Å². The van der Waals surface area contributed by atoms with Gasteiger partial charge in [-0.05, 0) is 35.1 Å². The van der Waals surface area contributed by atoms with Gasteiger partial charge in [0, 0.05) is 12.0 Å². The highest BCUT2D eigenvalue weighted by molar-refractivity contribution is 5.86. The maximum atomic E-state index is 12.6. The number of carboxylic acids is 1. The van der Waals surface area contributed by atoms with E-state index in [-0.39, 0.29) is 18.4 Å². The Labute approximate surface area is 193 Å². The van der Waals surface area contributed by atoms with E-state index in [1.54, 1.807) is 20.8 Å². The van der Waals surface area contributed by atoms with Gasteiger partial charge in [0.2, 0.25) is 5.91 Å². The van der Waals surface area contributed by atoms with Crippen molar-refractivity contribution in [2.45, 2.75) is 38.8 Å². The van der Waals surface area contributed by atoms with Gasteiger partial charge in [0.05, 0.1) is 12.5 Å². The number of amides is 2. The van der Waals surface area contributed by atoms with Gasteiger partial charge in [-0.2, -0.15) is 0 Å². The van der Waals surface area contributed by atoms with Gasteiger partial charge in [-0.1, -0.05) is 62.4 Å². The summed E-state index contributed by atoms with van der Waals surface area (Å²) < 4.78 is 5.54. The minimum Gasteiger partial charge on any atom is -0.480 e. The van der Waals surface area contributed by atoms with Crippen molar-refractivity contribution in [2.24, 2.45) is 11.8 Å². The summed E-state index contributed by atoms with van der Waals surface area (Å²) in [5.74, 6) is -2.87. The molecule has 1 aliphatic rings. The van der Waals surface area contributed by atoms with E-state index in [2.05, 4.69) is 22.8 Å². The quantitative estimate of drug-likeness (QED) is 0.462. The molecule has 0 fully saturated rings. The summed E-state index contributed by atoms with van der Waals surface area (Å²) in [6.45, 7) is 4.70. The molecule has 0 bridgehead atoms. The molecule has 3 atom stereocenters. The minimum absolute atomic E-state index is 0.0801. The Kier molecular flexibility index (Phi) is 7.71. The fraction of sp³-hybridized carbons (Fsp3) is 0.400. The number of carboxylic acid groups (broad SMARTS) is 1. The molecule has 8 nitrogen and oxygen atoms in total. The lowest BCUT2D eigenvalue weighted by atomic mass is 9.88. The number of benzene rings is 2. The first-order valence-electron chi connectivity index (χ1n) is 11.0. The summed E-state index contributed by atoms with van der Waals surface area (Å²) in [6, 6.07) is 14.0. The minimum atomic E-state index is -1.40. The molecule has 4 N–H and O–H groups in total. The molecule has 0 radical (unpaired) electrons. The number of carbonyl (C=O) groups is 3. The first-order valence-corrected chi connectivity index (χ1v) is 11.0. The lowest BCUT2D eigenvalue weighted by molar-refractivity contribution is -0.144. The second-order valence-electron chi connectivity index (χ2n) is 8.61. The summed E-state index contributed by atoms with van der Waals surface area (Å²) in [5.41, 5.74) is 4.46. The van der Waals surface area contributed by atoms with Crippen molar-refractivity contribution in [3.63, 3.8) is 0 Å². The number of aliphatic hydroxyl groups excluding tert-OH is 1. The third-order valence-corrected chi connectivity index (χ3v) is 6.05. The maximum Gasteiger partial charge on any atom is 0.407 e. The van der Waals surface area contributed by atoms with Gasteiger partial charge in [0.15, 0.2) is 0 Å². The van der Waals surface area contributed by atoms with Crippen molar-refractivity contribution in [2.75, 3.05) is 13.2 Å². The lowest BCUT2D eigenvalue weighted by Gasteiger charge is -2.28. The number of aliphatic hydroxyl groups is 1. The molecule has 2 amide bonds. The van der Waals surface area contributed by atoms with E-state index in [9.17, 15) is 19.5 Å². The number of fused-ring (bicyclic) bond motifs is 3. The Bertz CT molecular complexity index is 976. The zero-order valence-electron chi connectivity index (χ0n) is 18.9. The van der Waals surface area contributed by atoms with Gasteiger partial charge in [-0.3, -0.25) is 4.79 Å². The van der Waals surface area contributed by atoms with Gasteiger partial charge in [0.1, 0.15) is 12.6 Å². The molecule has 3 rings (SSSR count). The SMILES string of the molecule is CC(C)C(C(=O)N[C@H](CO)C(=O)O)C(C)NC(=O)OCC1c2ccccc2-c2ccccc21. The molecule has 8 heteroatoms. The number of rotatable bonds is 9. The molecule has 2 aromatic carbocycles. The molecule has 2 aromatic rings. The van der Waals surface area contributed by atoms with Crippen molar-refractivity contribution in [1.29, 1.82) is 0 Å². The van der Waals surface area contributed by atoms with Crippen LogP contribution < -0.4 is 10.6 Å². The molecule has 1 aliphatic carbocycles. The molecule has 0 saturated heterocycles. The molecule has 0 aromatic heterocycles. The zero-order valence-corrected chi connectivity index (χ0v) is 18.9. The number of carbonyl (C=O) groups excluding carboxylic acids is 2. The van der Waals surface area contributed by atoms with Crippen molar-refractivity contribution >= 4 is 18.0 Å². The average Bonchev–Trinajstić information content (AvgIpc) is 3.09. The first-order chi connectivity index (χ1) is 15.7. The summed E-state index contributed by atoms with van der Waals surface area (Å²) in [5, 5.41) is 23.3. The summed E-state index contributed by atoms with van der Waals surface area (Å²) in [6.07, 6.45) is -0.653. The Morgan fingerprint density at radius 1 is 0.939 bits per heavy atom. The van der Waals surface area contributed by atoms with Crippen LogP contribution in [-0.2, 0) is 14.3 Å². The van der Waals surface area contributed by atoms with Crippen LogP contribution in [0.5, 0.6) is 0 Å². The van der Waals surface area contributed by atoms with E-state index in [0.717, 1.165) is 22.3 Å². The number of alkyl carbamates (subject to hydrolysis) is 1. The van der Waals surface area contributed by atoms with Gasteiger partial charge >= 0.3 is 12.1 Å².